The Morgan fingerprint density at radius 3 is 2.43 bits per heavy atom. The fraction of sp³-hybridized carbons (Fsp3) is 0.316. The van der Waals surface area contributed by atoms with E-state index in [1.807, 2.05) is 48.5 Å². The molecule has 1 atom stereocenters. The molecule has 0 saturated carbocycles. The van der Waals surface area contributed by atoms with Crippen LogP contribution in [-0.2, 0) is 11.3 Å². The number of nitrogens with one attached hydrogen (secondary N) is 1. The van der Waals surface area contributed by atoms with E-state index >= 15 is 0 Å². The highest BCUT2D eigenvalue weighted by Crippen LogP contribution is 2.30. The average molecular weight is 313 g/mol. The first-order chi connectivity index (χ1) is 11.2. The van der Waals surface area contributed by atoms with Gasteiger partial charge in [0.15, 0.2) is 11.5 Å². The summed E-state index contributed by atoms with van der Waals surface area (Å²) in [5.41, 5.74) is 2.06. The second kappa shape index (κ2) is 8.22. The zero-order valence-corrected chi connectivity index (χ0v) is 13.8. The van der Waals surface area contributed by atoms with Crippen molar-refractivity contribution in [2.45, 2.75) is 25.8 Å². The van der Waals surface area contributed by atoms with E-state index in [1.165, 1.54) is 5.56 Å². The fourth-order valence-corrected chi connectivity index (χ4v) is 2.54. The van der Waals surface area contributed by atoms with Crippen LogP contribution < -0.4 is 14.8 Å². The molecule has 0 fully saturated rings. The van der Waals surface area contributed by atoms with Crippen LogP contribution in [0.25, 0.3) is 0 Å². The highest BCUT2D eigenvalue weighted by atomic mass is 16.5. The third-order valence-electron chi connectivity index (χ3n) is 3.82. The molecule has 4 heteroatoms. The highest BCUT2D eigenvalue weighted by Gasteiger charge is 2.13. The quantitative estimate of drug-likeness (QED) is 0.851. The first-order valence-electron chi connectivity index (χ1n) is 7.67. The molecule has 0 aromatic heterocycles. The molecule has 2 rings (SSSR count). The van der Waals surface area contributed by atoms with Crippen LogP contribution in [0.5, 0.6) is 11.5 Å². The van der Waals surface area contributed by atoms with E-state index in [4.69, 9.17) is 9.47 Å². The minimum atomic E-state index is 0.0197. The van der Waals surface area contributed by atoms with Crippen molar-refractivity contribution < 1.29 is 14.3 Å². The van der Waals surface area contributed by atoms with Gasteiger partial charge in [-0.25, -0.2) is 0 Å². The average Bonchev–Trinajstić information content (AvgIpc) is 2.60. The second-order valence-electron chi connectivity index (χ2n) is 5.45. The van der Waals surface area contributed by atoms with Crippen molar-refractivity contribution in [1.82, 2.24) is 5.32 Å². The number of hydrogen-bond donors (Lipinski definition) is 1. The second-order valence-corrected chi connectivity index (χ2v) is 5.45. The van der Waals surface area contributed by atoms with Gasteiger partial charge in [0, 0.05) is 18.5 Å². The van der Waals surface area contributed by atoms with Crippen molar-refractivity contribution in [3.05, 3.63) is 59.7 Å². The molecule has 23 heavy (non-hydrogen) atoms. The number of carbonyl (C=O) groups excluding carboxylic acids is 1. The molecule has 4 nitrogen and oxygen atoms in total. The van der Waals surface area contributed by atoms with Gasteiger partial charge in [0.25, 0.3) is 0 Å². The van der Waals surface area contributed by atoms with Crippen LogP contribution in [0.3, 0.4) is 0 Å². The fourth-order valence-electron chi connectivity index (χ4n) is 2.54. The lowest BCUT2D eigenvalue weighted by molar-refractivity contribution is -0.121. The molecule has 0 bridgehead atoms. The summed E-state index contributed by atoms with van der Waals surface area (Å²) in [4.78, 5) is 12.2. The number of ether oxygens (including phenoxy) is 2. The Morgan fingerprint density at radius 1 is 1.04 bits per heavy atom. The molecule has 2 aromatic rings. The SMILES string of the molecule is COc1cccc(CNC(=O)CC(C)c2ccccc2)c1OC. The topological polar surface area (TPSA) is 47.6 Å². The Kier molecular flexibility index (Phi) is 6.03. The summed E-state index contributed by atoms with van der Waals surface area (Å²) in [5, 5.41) is 2.95. The molecular formula is C19H23NO3. The maximum absolute atomic E-state index is 12.2. The number of amides is 1. The van der Waals surface area contributed by atoms with Crippen molar-refractivity contribution in [1.29, 1.82) is 0 Å². The summed E-state index contributed by atoms with van der Waals surface area (Å²) in [6.07, 6.45) is 0.455. The first-order valence-corrected chi connectivity index (χ1v) is 7.67. The van der Waals surface area contributed by atoms with Gasteiger partial charge in [-0.05, 0) is 17.5 Å². The smallest absolute Gasteiger partial charge is 0.220 e. The maximum atomic E-state index is 12.2. The molecule has 122 valence electrons. The van der Waals surface area contributed by atoms with Crippen LogP contribution in [0, 0.1) is 0 Å². The monoisotopic (exact) mass is 313 g/mol. The van der Waals surface area contributed by atoms with Crippen LogP contribution in [0.15, 0.2) is 48.5 Å². The molecule has 0 heterocycles. The Balaban J connectivity index is 1.95. The summed E-state index contributed by atoms with van der Waals surface area (Å²) in [7, 11) is 3.20. The van der Waals surface area contributed by atoms with Gasteiger partial charge < -0.3 is 14.8 Å². The Labute approximate surface area is 137 Å². The van der Waals surface area contributed by atoms with Gasteiger partial charge in [-0.3, -0.25) is 4.79 Å². The van der Waals surface area contributed by atoms with E-state index in [0.717, 1.165) is 5.56 Å². The Bertz CT molecular complexity index is 640. The van der Waals surface area contributed by atoms with Crippen molar-refractivity contribution in [3.63, 3.8) is 0 Å². The number of benzene rings is 2. The van der Waals surface area contributed by atoms with E-state index in [1.54, 1.807) is 14.2 Å². The first kappa shape index (κ1) is 16.9. The summed E-state index contributed by atoms with van der Waals surface area (Å²) in [6, 6.07) is 15.7. The summed E-state index contributed by atoms with van der Waals surface area (Å²) in [5.74, 6) is 1.53. The summed E-state index contributed by atoms with van der Waals surface area (Å²) >= 11 is 0. The van der Waals surface area contributed by atoms with E-state index in [9.17, 15) is 4.79 Å². The van der Waals surface area contributed by atoms with Crippen molar-refractivity contribution in [2.75, 3.05) is 14.2 Å². The molecule has 0 spiro atoms. The van der Waals surface area contributed by atoms with E-state index in [0.29, 0.717) is 24.5 Å². The largest absolute Gasteiger partial charge is 0.493 e. The predicted molar refractivity (Wildman–Crippen MR) is 90.9 cm³/mol. The van der Waals surface area contributed by atoms with Crippen LogP contribution in [0.1, 0.15) is 30.4 Å². The van der Waals surface area contributed by atoms with Crippen molar-refractivity contribution in [2.24, 2.45) is 0 Å². The molecule has 1 unspecified atom stereocenters. The van der Waals surface area contributed by atoms with Gasteiger partial charge in [-0.15, -0.1) is 0 Å². The van der Waals surface area contributed by atoms with Crippen LogP contribution in [0.2, 0.25) is 0 Å². The van der Waals surface area contributed by atoms with Gasteiger partial charge in [-0.1, -0.05) is 49.4 Å². The lowest BCUT2D eigenvalue weighted by atomic mass is 9.97. The molecule has 1 amide bonds. The number of para-hydroxylation sites is 1. The number of hydrogen-bond acceptors (Lipinski definition) is 3. The van der Waals surface area contributed by atoms with Gasteiger partial charge in [0.05, 0.1) is 14.2 Å². The zero-order chi connectivity index (χ0) is 16.7. The van der Waals surface area contributed by atoms with Crippen molar-refractivity contribution >= 4 is 5.91 Å². The molecular weight excluding hydrogens is 290 g/mol. The maximum Gasteiger partial charge on any atom is 0.220 e. The predicted octanol–water partition coefficient (Wildman–Crippen LogP) is 3.51. The Morgan fingerprint density at radius 2 is 1.78 bits per heavy atom. The molecule has 1 N–H and O–H groups in total. The minimum Gasteiger partial charge on any atom is -0.493 e. The van der Waals surface area contributed by atoms with Gasteiger partial charge in [-0.2, -0.15) is 0 Å². The van der Waals surface area contributed by atoms with Crippen molar-refractivity contribution in [3.8, 4) is 11.5 Å². The van der Waals surface area contributed by atoms with Crippen LogP contribution in [-0.4, -0.2) is 20.1 Å². The third kappa shape index (κ3) is 4.49. The lowest BCUT2D eigenvalue weighted by Gasteiger charge is -2.15. The summed E-state index contributed by atoms with van der Waals surface area (Å²) in [6.45, 7) is 2.47. The van der Waals surface area contributed by atoms with E-state index < -0.39 is 0 Å². The van der Waals surface area contributed by atoms with Gasteiger partial charge >= 0.3 is 0 Å². The van der Waals surface area contributed by atoms with E-state index in [-0.39, 0.29) is 11.8 Å². The van der Waals surface area contributed by atoms with E-state index in [2.05, 4.69) is 12.2 Å². The van der Waals surface area contributed by atoms with Gasteiger partial charge in [0.2, 0.25) is 5.91 Å². The summed E-state index contributed by atoms with van der Waals surface area (Å²) < 4.78 is 10.6. The van der Waals surface area contributed by atoms with Crippen LogP contribution in [0.4, 0.5) is 0 Å². The number of carbonyl (C=O) groups is 1. The number of methoxy groups -OCH3 is 2. The standard InChI is InChI=1S/C19H23NO3/c1-14(15-8-5-4-6-9-15)12-18(21)20-13-16-10-7-11-17(22-2)19(16)23-3/h4-11,14H,12-13H2,1-3H3,(H,20,21). The molecule has 0 saturated heterocycles. The number of rotatable bonds is 7. The molecule has 0 aliphatic heterocycles. The Hall–Kier alpha value is -2.49. The third-order valence-corrected chi connectivity index (χ3v) is 3.82. The van der Waals surface area contributed by atoms with Crippen LogP contribution >= 0.6 is 0 Å². The minimum absolute atomic E-state index is 0.0197. The lowest BCUT2D eigenvalue weighted by Crippen LogP contribution is -2.24. The molecule has 2 aromatic carbocycles. The van der Waals surface area contributed by atoms with Gasteiger partial charge in [0.1, 0.15) is 0 Å². The normalized spacial score (nSPS) is 11.6. The molecule has 0 aliphatic rings. The zero-order valence-electron chi connectivity index (χ0n) is 13.8. The molecule has 0 aliphatic carbocycles. The molecule has 0 radical (unpaired) electrons. The highest BCUT2D eigenvalue weighted by molar-refractivity contribution is 5.77.